The predicted molar refractivity (Wildman–Crippen MR) is 68.0 cm³/mol. The summed E-state index contributed by atoms with van der Waals surface area (Å²) in [4.78, 5) is 2.86. The van der Waals surface area contributed by atoms with Crippen LogP contribution in [0.5, 0.6) is 0 Å². The smallest absolute Gasteiger partial charge is 0.288 e. The number of para-hydroxylation sites is 1. The first-order valence-corrected chi connectivity index (χ1v) is 6.65. The molecule has 1 N–H and O–H groups in total. The third-order valence-electron chi connectivity index (χ3n) is 2.76. The van der Waals surface area contributed by atoms with Crippen molar-refractivity contribution in [3.05, 3.63) is 24.3 Å². The topological polar surface area (TPSA) is 15.3 Å². The van der Waals surface area contributed by atoms with E-state index < -0.39 is 5.76 Å². The molecule has 0 aromatic heterocycles. The first-order valence-electron chi connectivity index (χ1n) is 5.77. The monoisotopic (exact) mass is 258 g/mol. The molecule has 94 valence electrons. The minimum atomic E-state index is -2.36. The molecule has 0 spiro atoms. The zero-order chi connectivity index (χ0) is 12.1. The number of benzene rings is 1. The number of halogens is 2. The molecular weight excluding hydrogens is 242 g/mol. The Bertz CT molecular complexity index is 352. The number of nitrogens with one attached hydrogen (secondary N) is 1. The van der Waals surface area contributed by atoms with Crippen molar-refractivity contribution in [2.24, 2.45) is 0 Å². The van der Waals surface area contributed by atoms with Gasteiger partial charge in [0.2, 0.25) is 0 Å². The Morgan fingerprint density at radius 1 is 1.18 bits per heavy atom. The number of alkyl halides is 2. The maximum atomic E-state index is 12.5. The van der Waals surface area contributed by atoms with Gasteiger partial charge >= 0.3 is 0 Å². The van der Waals surface area contributed by atoms with E-state index in [-0.39, 0.29) is 0 Å². The SMILES string of the molecule is FC(F)Sc1ccccc1N1CCCNCC1. The van der Waals surface area contributed by atoms with Crippen molar-refractivity contribution >= 4 is 17.4 Å². The first-order chi connectivity index (χ1) is 8.27. The van der Waals surface area contributed by atoms with Crippen molar-refractivity contribution in [1.29, 1.82) is 0 Å². The summed E-state index contributed by atoms with van der Waals surface area (Å²) in [5.74, 6) is -2.36. The van der Waals surface area contributed by atoms with Gasteiger partial charge in [0, 0.05) is 24.5 Å². The lowest BCUT2D eigenvalue weighted by Crippen LogP contribution is -2.28. The van der Waals surface area contributed by atoms with E-state index >= 15 is 0 Å². The molecule has 0 bridgehead atoms. The molecule has 1 saturated heterocycles. The van der Waals surface area contributed by atoms with Gasteiger partial charge in [0.25, 0.3) is 5.76 Å². The minimum absolute atomic E-state index is 0.630. The number of nitrogens with zero attached hydrogens (tertiary/aromatic N) is 1. The fourth-order valence-corrected chi connectivity index (χ4v) is 2.67. The molecule has 1 heterocycles. The van der Waals surface area contributed by atoms with E-state index in [1.807, 2.05) is 18.2 Å². The van der Waals surface area contributed by atoms with Gasteiger partial charge in [0.1, 0.15) is 0 Å². The number of anilines is 1. The summed E-state index contributed by atoms with van der Waals surface area (Å²) >= 11 is 0.630. The predicted octanol–water partition coefficient (Wildman–Crippen LogP) is 2.80. The van der Waals surface area contributed by atoms with Crippen LogP contribution in [0.25, 0.3) is 0 Å². The van der Waals surface area contributed by atoms with Crippen molar-refractivity contribution < 1.29 is 8.78 Å². The van der Waals surface area contributed by atoms with E-state index in [2.05, 4.69) is 10.2 Å². The summed E-state index contributed by atoms with van der Waals surface area (Å²) in [6.07, 6.45) is 1.05. The minimum Gasteiger partial charge on any atom is -0.369 e. The molecule has 1 aliphatic heterocycles. The fourth-order valence-electron chi connectivity index (χ4n) is 2.00. The van der Waals surface area contributed by atoms with Gasteiger partial charge in [-0.1, -0.05) is 23.9 Å². The normalized spacial score (nSPS) is 17.2. The molecule has 2 nitrogen and oxygen atoms in total. The van der Waals surface area contributed by atoms with Crippen LogP contribution < -0.4 is 10.2 Å². The molecule has 17 heavy (non-hydrogen) atoms. The Morgan fingerprint density at radius 3 is 2.82 bits per heavy atom. The number of thioether (sulfide) groups is 1. The van der Waals surface area contributed by atoms with Gasteiger partial charge in [-0.25, -0.2) is 0 Å². The van der Waals surface area contributed by atoms with Crippen LogP contribution in [0.4, 0.5) is 14.5 Å². The summed E-state index contributed by atoms with van der Waals surface area (Å²) in [6, 6.07) is 7.41. The Morgan fingerprint density at radius 2 is 2.00 bits per heavy atom. The Hall–Kier alpha value is -0.810. The van der Waals surface area contributed by atoms with Crippen molar-refractivity contribution in [2.45, 2.75) is 17.1 Å². The first kappa shape index (κ1) is 12.6. The molecule has 2 rings (SSSR count). The van der Waals surface area contributed by atoms with Crippen LogP contribution in [0.2, 0.25) is 0 Å². The van der Waals surface area contributed by atoms with Crippen LogP contribution >= 0.6 is 11.8 Å². The number of hydrogen-bond acceptors (Lipinski definition) is 3. The van der Waals surface area contributed by atoms with Crippen LogP contribution in [-0.2, 0) is 0 Å². The lowest BCUT2D eigenvalue weighted by atomic mass is 10.2. The second kappa shape index (κ2) is 6.21. The summed E-state index contributed by atoms with van der Waals surface area (Å²) in [5, 5.41) is 3.31. The molecule has 0 saturated carbocycles. The molecular formula is C12H16F2N2S. The van der Waals surface area contributed by atoms with Gasteiger partial charge in [-0.2, -0.15) is 8.78 Å². The van der Waals surface area contributed by atoms with E-state index in [1.165, 1.54) is 0 Å². The van der Waals surface area contributed by atoms with E-state index in [9.17, 15) is 8.78 Å². The van der Waals surface area contributed by atoms with E-state index in [0.29, 0.717) is 16.7 Å². The zero-order valence-electron chi connectivity index (χ0n) is 9.53. The molecule has 5 heteroatoms. The Kier molecular flexibility index (Phi) is 4.62. The third kappa shape index (κ3) is 3.57. The molecule has 0 atom stereocenters. The van der Waals surface area contributed by atoms with Crippen molar-refractivity contribution in [3.8, 4) is 0 Å². The molecule has 1 fully saturated rings. The van der Waals surface area contributed by atoms with Crippen LogP contribution in [-0.4, -0.2) is 31.9 Å². The molecule has 0 amide bonds. The maximum absolute atomic E-state index is 12.5. The molecule has 0 aliphatic carbocycles. The van der Waals surface area contributed by atoms with Gasteiger partial charge in [-0.3, -0.25) is 0 Å². The average Bonchev–Trinajstić information content (AvgIpc) is 2.57. The Balaban J connectivity index is 2.17. The van der Waals surface area contributed by atoms with Gasteiger partial charge < -0.3 is 10.2 Å². The summed E-state index contributed by atoms with van der Waals surface area (Å²) < 4.78 is 25.0. The molecule has 1 aliphatic rings. The highest BCUT2D eigenvalue weighted by Gasteiger charge is 2.15. The standard InChI is InChI=1S/C12H16F2N2S/c13-12(14)17-11-5-2-1-4-10(11)16-8-3-6-15-7-9-16/h1-2,4-5,12,15H,3,6-9H2. The number of hydrogen-bond donors (Lipinski definition) is 1. The fraction of sp³-hybridized carbons (Fsp3) is 0.500. The highest BCUT2D eigenvalue weighted by molar-refractivity contribution is 7.99. The molecule has 0 radical (unpaired) electrons. The number of rotatable bonds is 3. The van der Waals surface area contributed by atoms with E-state index in [1.54, 1.807) is 6.07 Å². The highest BCUT2D eigenvalue weighted by atomic mass is 32.2. The molecule has 1 aromatic carbocycles. The van der Waals surface area contributed by atoms with E-state index in [4.69, 9.17) is 0 Å². The van der Waals surface area contributed by atoms with Crippen LogP contribution in [0, 0.1) is 0 Å². The van der Waals surface area contributed by atoms with Crippen LogP contribution in [0.15, 0.2) is 29.2 Å². The maximum Gasteiger partial charge on any atom is 0.288 e. The quantitative estimate of drug-likeness (QED) is 0.839. The van der Waals surface area contributed by atoms with Crippen LogP contribution in [0.1, 0.15) is 6.42 Å². The second-order valence-corrected chi connectivity index (χ2v) is 4.97. The largest absolute Gasteiger partial charge is 0.369 e. The summed E-state index contributed by atoms with van der Waals surface area (Å²) in [5.41, 5.74) is 0.932. The lowest BCUT2D eigenvalue weighted by Gasteiger charge is -2.24. The molecule has 1 aromatic rings. The lowest BCUT2D eigenvalue weighted by molar-refractivity contribution is 0.252. The van der Waals surface area contributed by atoms with Crippen molar-refractivity contribution in [3.63, 3.8) is 0 Å². The zero-order valence-corrected chi connectivity index (χ0v) is 10.4. The van der Waals surface area contributed by atoms with Gasteiger partial charge in [-0.15, -0.1) is 0 Å². The summed E-state index contributed by atoms with van der Waals surface area (Å²) in [7, 11) is 0. The van der Waals surface area contributed by atoms with Crippen LogP contribution in [0.3, 0.4) is 0 Å². The van der Waals surface area contributed by atoms with E-state index in [0.717, 1.165) is 38.3 Å². The van der Waals surface area contributed by atoms with Gasteiger partial charge in [-0.05, 0) is 25.1 Å². The third-order valence-corrected chi connectivity index (χ3v) is 3.54. The van der Waals surface area contributed by atoms with Crippen molar-refractivity contribution in [2.75, 3.05) is 31.1 Å². The second-order valence-electron chi connectivity index (χ2n) is 3.94. The summed E-state index contributed by atoms with van der Waals surface area (Å²) in [6.45, 7) is 3.71. The van der Waals surface area contributed by atoms with Gasteiger partial charge in [0.05, 0.1) is 5.69 Å². The Labute approximate surface area is 104 Å². The van der Waals surface area contributed by atoms with Gasteiger partial charge in [0.15, 0.2) is 0 Å². The van der Waals surface area contributed by atoms with Crippen molar-refractivity contribution in [1.82, 2.24) is 5.32 Å². The molecule has 0 unspecified atom stereocenters. The average molecular weight is 258 g/mol. The highest BCUT2D eigenvalue weighted by Crippen LogP contribution is 2.34.